The molecular formula is C21H21N3O3S. The minimum atomic E-state index is -0.387. The fourth-order valence-electron chi connectivity index (χ4n) is 3.55. The Labute approximate surface area is 167 Å². The third kappa shape index (κ3) is 3.89. The van der Waals surface area contributed by atoms with Gasteiger partial charge in [0.25, 0.3) is 5.69 Å². The van der Waals surface area contributed by atoms with Gasteiger partial charge in [-0.25, -0.2) is 0 Å². The van der Waals surface area contributed by atoms with Gasteiger partial charge in [-0.1, -0.05) is 30.3 Å². The van der Waals surface area contributed by atoms with Gasteiger partial charge in [0.15, 0.2) is 0 Å². The molecule has 0 aliphatic carbocycles. The number of likely N-dealkylation sites (tertiary alicyclic amines) is 1. The minimum absolute atomic E-state index is 0.103. The van der Waals surface area contributed by atoms with Crippen LogP contribution in [0.3, 0.4) is 0 Å². The van der Waals surface area contributed by atoms with Crippen molar-refractivity contribution in [3.8, 4) is 0 Å². The Hall–Kier alpha value is -2.80. The number of nitro benzene ring substituents is 1. The average Bonchev–Trinajstić information content (AvgIpc) is 3.36. The number of thioether (sulfide) groups is 1. The van der Waals surface area contributed by atoms with Gasteiger partial charge in [-0.3, -0.25) is 14.9 Å². The summed E-state index contributed by atoms with van der Waals surface area (Å²) in [6, 6.07) is 14.8. The van der Waals surface area contributed by atoms with Crippen LogP contribution in [0.4, 0.5) is 5.69 Å². The number of fused-ring (bicyclic) bond motifs is 1. The number of nitro groups is 1. The number of nitrogens with zero attached hydrogens (tertiary/aromatic N) is 3. The molecule has 0 saturated carbocycles. The van der Waals surface area contributed by atoms with Crippen LogP contribution in [0, 0.1) is 10.1 Å². The van der Waals surface area contributed by atoms with E-state index >= 15 is 0 Å². The summed E-state index contributed by atoms with van der Waals surface area (Å²) in [7, 11) is 0. The Morgan fingerprint density at radius 3 is 2.50 bits per heavy atom. The van der Waals surface area contributed by atoms with E-state index in [1.54, 1.807) is 23.9 Å². The molecule has 6 nitrogen and oxygen atoms in total. The molecule has 1 fully saturated rings. The van der Waals surface area contributed by atoms with Crippen LogP contribution in [-0.2, 0) is 17.1 Å². The molecule has 1 aliphatic heterocycles. The summed E-state index contributed by atoms with van der Waals surface area (Å²) in [6.45, 7) is 2.08. The van der Waals surface area contributed by atoms with Crippen molar-refractivity contribution < 1.29 is 9.72 Å². The summed E-state index contributed by atoms with van der Waals surface area (Å²) >= 11 is 1.68. The van der Waals surface area contributed by atoms with E-state index in [-0.39, 0.29) is 16.5 Å². The molecule has 1 amide bonds. The van der Waals surface area contributed by atoms with E-state index in [1.807, 2.05) is 27.7 Å². The first-order chi connectivity index (χ1) is 13.6. The molecule has 0 unspecified atom stereocenters. The molecule has 0 atom stereocenters. The summed E-state index contributed by atoms with van der Waals surface area (Å²) < 4.78 is 2.04. The van der Waals surface area contributed by atoms with E-state index in [0.29, 0.717) is 12.3 Å². The molecule has 0 radical (unpaired) electrons. The van der Waals surface area contributed by atoms with Crippen molar-refractivity contribution in [3.63, 3.8) is 0 Å². The van der Waals surface area contributed by atoms with Crippen molar-refractivity contribution in [3.05, 3.63) is 70.4 Å². The van der Waals surface area contributed by atoms with Crippen molar-refractivity contribution in [1.82, 2.24) is 9.47 Å². The monoisotopic (exact) mass is 395 g/mol. The molecular weight excluding hydrogens is 374 g/mol. The van der Waals surface area contributed by atoms with E-state index in [2.05, 4.69) is 12.3 Å². The first-order valence-corrected chi connectivity index (χ1v) is 10.3. The maximum Gasteiger partial charge on any atom is 0.269 e. The van der Waals surface area contributed by atoms with Crippen molar-refractivity contribution >= 4 is 34.3 Å². The van der Waals surface area contributed by atoms with Crippen molar-refractivity contribution in [2.45, 2.75) is 30.0 Å². The number of carbonyl (C=O) groups is 1. The lowest BCUT2D eigenvalue weighted by atomic mass is 10.2. The smallest absolute Gasteiger partial charge is 0.269 e. The molecule has 2 aromatic carbocycles. The fraction of sp³-hybridized carbons (Fsp3) is 0.286. The predicted molar refractivity (Wildman–Crippen MR) is 110 cm³/mol. The zero-order chi connectivity index (χ0) is 19.5. The SMILES string of the molecule is O=C(Cn1cc(SCc2ccc([N+](=O)[O-])cc2)c2ccccc21)N1CCCC1. The maximum atomic E-state index is 12.6. The molecule has 0 N–H and O–H groups in total. The summed E-state index contributed by atoms with van der Waals surface area (Å²) in [5, 5.41) is 11.9. The second-order valence-electron chi connectivity index (χ2n) is 6.94. The number of amides is 1. The summed E-state index contributed by atoms with van der Waals surface area (Å²) in [5.74, 6) is 0.886. The highest BCUT2D eigenvalue weighted by atomic mass is 32.2. The normalized spacial score (nSPS) is 13.9. The maximum absolute atomic E-state index is 12.6. The van der Waals surface area contributed by atoms with Gasteiger partial charge in [0.1, 0.15) is 6.54 Å². The van der Waals surface area contributed by atoms with Gasteiger partial charge in [-0.2, -0.15) is 0 Å². The van der Waals surface area contributed by atoms with Gasteiger partial charge in [0, 0.05) is 53.0 Å². The standard InChI is InChI=1S/C21H21N3O3S/c25-21(22-11-3-4-12-22)14-23-13-20(18-5-1-2-6-19(18)23)28-15-16-7-9-17(10-8-16)24(26)27/h1-2,5-10,13H,3-4,11-12,14-15H2. The molecule has 4 rings (SSSR count). The van der Waals surface area contributed by atoms with Crippen LogP contribution in [0.5, 0.6) is 0 Å². The van der Waals surface area contributed by atoms with E-state index in [0.717, 1.165) is 47.3 Å². The average molecular weight is 395 g/mol. The molecule has 0 spiro atoms. The number of para-hydroxylation sites is 1. The third-order valence-electron chi connectivity index (χ3n) is 5.06. The molecule has 144 valence electrons. The van der Waals surface area contributed by atoms with Crippen molar-refractivity contribution in [2.75, 3.05) is 13.1 Å². The molecule has 3 aromatic rings. The van der Waals surface area contributed by atoms with E-state index < -0.39 is 0 Å². The lowest BCUT2D eigenvalue weighted by molar-refractivity contribution is -0.384. The van der Waals surface area contributed by atoms with Crippen LogP contribution in [0.1, 0.15) is 18.4 Å². The first-order valence-electron chi connectivity index (χ1n) is 9.33. The highest BCUT2D eigenvalue weighted by Gasteiger charge is 2.19. The van der Waals surface area contributed by atoms with Crippen LogP contribution in [0.15, 0.2) is 59.6 Å². The predicted octanol–water partition coefficient (Wildman–Crippen LogP) is 4.46. The Bertz CT molecular complexity index is 1010. The summed E-state index contributed by atoms with van der Waals surface area (Å²) in [4.78, 5) is 26.0. The van der Waals surface area contributed by atoms with Crippen LogP contribution >= 0.6 is 11.8 Å². The molecule has 7 heteroatoms. The molecule has 1 saturated heterocycles. The minimum Gasteiger partial charge on any atom is -0.341 e. The molecule has 1 aromatic heterocycles. The lowest BCUT2D eigenvalue weighted by Gasteiger charge is -2.15. The number of hydrogen-bond donors (Lipinski definition) is 0. The highest BCUT2D eigenvalue weighted by Crippen LogP contribution is 2.32. The van der Waals surface area contributed by atoms with E-state index in [1.165, 1.54) is 12.1 Å². The number of benzene rings is 2. The zero-order valence-corrected chi connectivity index (χ0v) is 16.2. The number of non-ortho nitro benzene ring substituents is 1. The topological polar surface area (TPSA) is 68.4 Å². The van der Waals surface area contributed by atoms with Gasteiger partial charge < -0.3 is 9.47 Å². The highest BCUT2D eigenvalue weighted by molar-refractivity contribution is 7.98. The van der Waals surface area contributed by atoms with Gasteiger partial charge in [-0.15, -0.1) is 11.8 Å². The fourth-order valence-corrected chi connectivity index (χ4v) is 4.59. The number of rotatable bonds is 6. The Morgan fingerprint density at radius 2 is 1.79 bits per heavy atom. The van der Waals surface area contributed by atoms with E-state index in [4.69, 9.17) is 0 Å². The van der Waals surface area contributed by atoms with Crippen LogP contribution in [0.2, 0.25) is 0 Å². The van der Waals surface area contributed by atoms with Gasteiger partial charge in [0.05, 0.1) is 4.92 Å². The largest absolute Gasteiger partial charge is 0.341 e. The zero-order valence-electron chi connectivity index (χ0n) is 15.4. The second-order valence-corrected chi connectivity index (χ2v) is 7.96. The third-order valence-corrected chi connectivity index (χ3v) is 6.17. The van der Waals surface area contributed by atoms with E-state index in [9.17, 15) is 14.9 Å². The molecule has 28 heavy (non-hydrogen) atoms. The van der Waals surface area contributed by atoms with Crippen molar-refractivity contribution in [1.29, 1.82) is 0 Å². The van der Waals surface area contributed by atoms with Gasteiger partial charge in [-0.05, 0) is 24.5 Å². The first kappa shape index (κ1) is 18.6. The number of hydrogen-bond acceptors (Lipinski definition) is 4. The molecule has 2 heterocycles. The molecule has 0 bridgehead atoms. The number of carbonyl (C=O) groups excluding carboxylic acids is 1. The Morgan fingerprint density at radius 1 is 1.07 bits per heavy atom. The van der Waals surface area contributed by atoms with Gasteiger partial charge in [0.2, 0.25) is 5.91 Å². The Balaban J connectivity index is 1.52. The van der Waals surface area contributed by atoms with Crippen LogP contribution in [-0.4, -0.2) is 33.4 Å². The lowest BCUT2D eigenvalue weighted by Crippen LogP contribution is -2.30. The van der Waals surface area contributed by atoms with Crippen LogP contribution in [0.25, 0.3) is 10.9 Å². The summed E-state index contributed by atoms with van der Waals surface area (Å²) in [6.07, 6.45) is 4.23. The van der Waals surface area contributed by atoms with Crippen molar-refractivity contribution in [2.24, 2.45) is 0 Å². The quantitative estimate of drug-likeness (QED) is 0.351. The Kier molecular flexibility index (Phi) is 5.34. The van der Waals surface area contributed by atoms with Crippen LogP contribution < -0.4 is 0 Å². The molecule has 1 aliphatic rings. The second kappa shape index (κ2) is 8.06. The summed E-state index contributed by atoms with van der Waals surface area (Å²) in [5.41, 5.74) is 2.19. The number of aromatic nitrogens is 1. The van der Waals surface area contributed by atoms with Gasteiger partial charge >= 0.3 is 0 Å².